The molecular weight excluding hydrogens is 224 g/mol. The first-order chi connectivity index (χ1) is 8.12. The Labute approximate surface area is 98.6 Å². The SMILES string of the molecule is COc1cc(C=CC(=O)NN)cc(OC)c1O. The van der Waals surface area contributed by atoms with Crippen LogP contribution in [0.4, 0.5) is 0 Å². The number of nitrogens with two attached hydrogens (primary N) is 1. The summed E-state index contributed by atoms with van der Waals surface area (Å²) in [5, 5.41) is 9.66. The lowest BCUT2D eigenvalue weighted by molar-refractivity contribution is -0.116. The van der Waals surface area contributed by atoms with Gasteiger partial charge in [0, 0.05) is 6.08 Å². The molecular formula is C11H14N2O4. The van der Waals surface area contributed by atoms with Gasteiger partial charge in [-0.25, -0.2) is 5.84 Å². The number of hydrazine groups is 1. The number of aromatic hydroxyl groups is 1. The van der Waals surface area contributed by atoms with Crippen LogP contribution >= 0.6 is 0 Å². The molecule has 0 radical (unpaired) electrons. The molecule has 0 fully saturated rings. The molecule has 4 N–H and O–H groups in total. The molecule has 1 amide bonds. The second-order valence-corrected chi connectivity index (χ2v) is 3.12. The van der Waals surface area contributed by atoms with Gasteiger partial charge >= 0.3 is 0 Å². The molecule has 0 aliphatic heterocycles. The van der Waals surface area contributed by atoms with Crippen LogP contribution in [0, 0.1) is 0 Å². The molecule has 0 aliphatic rings. The number of rotatable bonds is 4. The number of benzene rings is 1. The van der Waals surface area contributed by atoms with E-state index < -0.39 is 5.91 Å². The first-order valence-corrected chi connectivity index (χ1v) is 4.76. The van der Waals surface area contributed by atoms with Gasteiger partial charge in [-0.3, -0.25) is 10.2 Å². The fourth-order valence-electron chi connectivity index (χ4n) is 1.23. The normalized spacial score (nSPS) is 10.3. The third kappa shape index (κ3) is 3.12. The van der Waals surface area contributed by atoms with Gasteiger partial charge in [0.05, 0.1) is 14.2 Å². The van der Waals surface area contributed by atoms with Gasteiger partial charge in [0.15, 0.2) is 11.5 Å². The Morgan fingerprint density at radius 1 is 1.35 bits per heavy atom. The fraction of sp³-hybridized carbons (Fsp3) is 0.182. The number of hydrogen-bond donors (Lipinski definition) is 3. The third-order valence-corrected chi connectivity index (χ3v) is 2.07. The maximum Gasteiger partial charge on any atom is 0.257 e. The van der Waals surface area contributed by atoms with E-state index in [2.05, 4.69) is 0 Å². The highest BCUT2D eigenvalue weighted by molar-refractivity contribution is 5.91. The van der Waals surface area contributed by atoms with Crippen LogP contribution < -0.4 is 20.7 Å². The molecule has 0 heterocycles. The molecule has 0 unspecified atom stereocenters. The zero-order valence-electron chi connectivity index (χ0n) is 9.56. The first-order valence-electron chi connectivity index (χ1n) is 4.76. The molecule has 1 aromatic carbocycles. The molecule has 0 aliphatic carbocycles. The van der Waals surface area contributed by atoms with Crippen molar-refractivity contribution in [1.29, 1.82) is 0 Å². The second-order valence-electron chi connectivity index (χ2n) is 3.12. The number of ether oxygens (including phenoxy) is 2. The van der Waals surface area contributed by atoms with E-state index in [0.717, 1.165) is 0 Å². The van der Waals surface area contributed by atoms with Crippen molar-refractivity contribution in [2.24, 2.45) is 5.84 Å². The van der Waals surface area contributed by atoms with Gasteiger partial charge in [-0.2, -0.15) is 0 Å². The van der Waals surface area contributed by atoms with E-state index in [1.807, 2.05) is 5.43 Å². The summed E-state index contributed by atoms with van der Waals surface area (Å²) in [5.41, 5.74) is 2.61. The van der Waals surface area contributed by atoms with E-state index >= 15 is 0 Å². The molecule has 0 saturated heterocycles. The van der Waals surface area contributed by atoms with Crippen LogP contribution in [0.2, 0.25) is 0 Å². The van der Waals surface area contributed by atoms with Gasteiger partial charge < -0.3 is 14.6 Å². The summed E-state index contributed by atoms with van der Waals surface area (Å²) in [4.78, 5) is 10.9. The van der Waals surface area contributed by atoms with Crippen molar-refractivity contribution in [3.8, 4) is 17.2 Å². The van der Waals surface area contributed by atoms with E-state index in [4.69, 9.17) is 15.3 Å². The fourth-order valence-corrected chi connectivity index (χ4v) is 1.23. The summed E-state index contributed by atoms with van der Waals surface area (Å²) in [7, 11) is 2.85. The number of carbonyl (C=O) groups is 1. The number of phenolic OH excluding ortho intramolecular Hbond substituents is 1. The molecule has 0 saturated carbocycles. The van der Waals surface area contributed by atoms with E-state index in [1.165, 1.54) is 26.4 Å². The number of hydrogen-bond acceptors (Lipinski definition) is 5. The third-order valence-electron chi connectivity index (χ3n) is 2.07. The van der Waals surface area contributed by atoms with E-state index in [9.17, 15) is 9.90 Å². The minimum absolute atomic E-state index is 0.0876. The lowest BCUT2D eigenvalue weighted by atomic mass is 10.1. The average Bonchev–Trinajstić information content (AvgIpc) is 2.36. The summed E-state index contributed by atoms with van der Waals surface area (Å²) in [5.74, 6) is 4.93. The highest BCUT2D eigenvalue weighted by atomic mass is 16.5. The lowest BCUT2D eigenvalue weighted by Crippen LogP contribution is -2.27. The summed E-state index contributed by atoms with van der Waals surface area (Å²) < 4.78 is 9.94. The topological polar surface area (TPSA) is 93.8 Å². The Morgan fingerprint density at radius 2 is 1.88 bits per heavy atom. The number of methoxy groups -OCH3 is 2. The maximum atomic E-state index is 10.9. The molecule has 92 valence electrons. The minimum atomic E-state index is -0.434. The van der Waals surface area contributed by atoms with Gasteiger partial charge in [0.2, 0.25) is 5.75 Å². The zero-order chi connectivity index (χ0) is 12.8. The van der Waals surface area contributed by atoms with Gasteiger partial charge in [0.1, 0.15) is 0 Å². The van der Waals surface area contributed by atoms with Crippen molar-refractivity contribution in [2.45, 2.75) is 0 Å². The zero-order valence-corrected chi connectivity index (χ0v) is 9.56. The Bertz CT molecular complexity index is 418. The second kappa shape index (κ2) is 5.76. The lowest BCUT2D eigenvalue weighted by Gasteiger charge is -2.09. The first kappa shape index (κ1) is 12.9. The van der Waals surface area contributed by atoms with Crippen LogP contribution in [-0.2, 0) is 4.79 Å². The monoisotopic (exact) mass is 238 g/mol. The number of amides is 1. The maximum absolute atomic E-state index is 10.9. The predicted molar refractivity (Wildman–Crippen MR) is 62.6 cm³/mol. The van der Waals surface area contributed by atoms with Crippen molar-refractivity contribution in [2.75, 3.05) is 14.2 Å². The van der Waals surface area contributed by atoms with Crippen LogP contribution in [0.3, 0.4) is 0 Å². The smallest absolute Gasteiger partial charge is 0.257 e. The number of phenols is 1. The molecule has 1 aromatic rings. The molecule has 0 atom stereocenters. The van der Waals surface area contributed by atoms with E-state index in [1.54, 1.807) is 12.1 Å². The Morgan fingerprint density at radius 3 is 2.29 bits per heavy atom. The van der Waals surface area contributed by atoms with Crippen LogP contribution in [-0.4, -0.2) is 25.2 Å². The standard InChI is InChI=1S/C11H14N2O4/c1-16-8-5-7(3-4-10(14)13-12)6-9(17-2)11(8)15/h3-6,15H,12H2,1-2H3,(H,13,14). The summed E-state index contributed by atoms with van der Waals surface area (Å²) in [6.07, 6.45) is 2.78. The van der Waals surface area contributed by atoms with Crippen LogP contribution in [0.25, 0.3) is 6.08 Å². The van der Waals surface area contributed by atoms with Gasteiger partial charge in [-0.05, 0) is 23.8 Å². The van der Waals surface area contributed by atoms with Gasteiger partial charge in [-0.15, -0.1) is 0 Å². The molecule has 0 bridgehead atoms. The van der Waals surface area contributed by atoms with Crippen LogP contribution in [0.15, 0.2) is 18.2 Å². The highest BCUT2D eigenvalue weighted by Gasteiger charge is 2.09. The van der Waals surface area contributed by atoms with Crippen molar-refractivity contribution in [1.82, 2.24) is 5.43 Å². The predicted octanol–water partition coefficient (Wildman–Crippen LogP) is 0.412. The van der Waals surface area contributed by atoms with Crippen molar-refractivity contribution in [3.05, 3.63) is 23.8 Å². The Hall–Kier alpha value is -2.21. The average molecular weight is 238 g/mol. The molecule has 0 spiro atoms. The summed E-state index contributed by atoms with van der Waals surface area (Å²) in [6.45, 7) is 0. The molecule has 0 aromatic heterocycles. The summed E-state index contributed by atoms with van der Waals surface area (Å²) >= 11 is 0. The Kier molecular flexibility index (Phi) is 4.36. The molecule has 17 heavy (non-hydrogen) atoms. The quantitative estimate of drug-likeness (QED) is 0.306. The molecule has 6 nitrogen and oxygen atoms in total. The van der Waals surface area contributed by atoms with Crippen molar-refractivity contribution >= 4 is 12.0 Å². The highest BCUT2D eigenvalue weighted by Crippen LogP contribution is 2.37. The van der Waals surface area contributed by atoms with E-state index in [0.29, 0.717) is 5.56 Å². The molecule has 1 rings (SSSR count). The van der Waals surface area contributed by atoms with E-state index in [-0.39, 0.29) is 17.2 Å². The van der Waals surface area contributed by atoms with Crippen LogP contribution in [0.1, 0.15) is 5.56 Å². The van der Waals surface area contributed by atoms with Gasteiger partial charge in [0.25, 0.3) is 5.91 Å². The minimum Gasteiger partial charge on any atom is -0.502 e. The van der Waals surface area contributed by atoms with Gasteiger partial charge in [-0.1, -0.05) is 0 Å². The summed E-state index contributed by atoms with van der Waals surface area (Å²) in [6, 6.07) is 3.14. The largest absolute Gasteiger partial charge is 0.502 e. The van der Waals surface area contributed by atoms with Crippen LogP contribution in [0.5, 0.6) is 17.2 Å². The number of carbonyl (C=O) groups excluding carboxylic acids is 1. The number of nitrogens with one attached hydrogen (secondary N) is 1. The van der Waals surface area contributed by atoms with Crippen molar-refractivity contribution in [3.63, 3.8) is 0 Å². The molecule has 6 heteroatoms. The van der Waals surface area contributed by atoms with Crippen molar-refractivity contribution < 1.29 is 19.4 Å². The Balaban J connectivity index is 3.09.